The first-order valence-corrected chi connectivity index (χ1v) is 10.1. The molecule has 4 aromatic rings. The zero-order valence-corrected chi connectivity index (χ0v) is 17.0. The lowest BCUT2D eigenvalue weighted by Gasteiger charge is -2.19. The number of hydrogen-bond acceptors (Lipinski definition) is 3. The molecular formula is C24H22N2OS. The number of nitrogens with zero attached hydrogens (tertiary/aromatic N) is 1. The molecule has 3 nitrogen and oxygen atoms in total. The highest BCUT2D eigenvalue weighted by Crippen LogP contribution is 2.40. The second kappa shape index (κ2) is 6.88. The largest absolute Gasteiger partial charge is 0.364 e. The first-order valence-electron chi connectivity index (χ1n) is 9.24. The molecule has 140 valence electrons. The van der Waals surface area contributed by atoms with Crippen LogP contribution < -0.4 is 5.73 Å². The number of benzene rings is 3. The van der Waals surface area contributed by atoms with Crippen LogP contribution in [0.25, 0.3) is 32.5 Å². The van der Waals surface area contributed by atoms with Crippen LogP contribution in [0.15, 0.2) is 66.7 Å². The topological polar surface area (TPSA) is 56.0 Å². The maximum Gasteiger partial charge on any atom is 0.277 e. The number of hydrogen-bond donors (Lipinski definition) is 1. The maximum absolute atomic E-state index is 11.8. The first-order chi connectivity index (χ1) is 13.3. The molecule has 0 unspecified atom stereocenters. The van der Waals surface area contributed by atoms with Crippen LogP contribution in [-0.4, -0.2) is 10.9 Å². The number of amides is 1. The smallest absolute Gasteiger partial charge is 0.277 e. The van der Waals surface area contributed by atoms with Crippen molar-refractivity contribution in [3.63, 3.8) is 0 Å². The number of fused-ring (bicyclic) bond motifs is 1. The molecule has 1 aromatic heterocycles. The third-order valence-corrected chi connectivity index (χ3v) is 6.01. The molecule has 0 saturated carbocycles. The Kier molecular flexibility index (Phi) is 4.52. The lowest BCUT2D eigenvalue weighted by molar-refractivity contribution is 0.1000. The van der Waals surface area contributed by atoms with Gasteiger partial charge < -0.3 is 5.73 Å². The zero-order chi connectivity index (χ0) is 19.9. The Bertz CT molecular complexity index is 1160. The van der Waals surface area contributed by atoms with Crippen molar-refractivity contribution in [3.05, 3.63) is 77.3 Å². The summed E-state index contributed by atoms with van der Waals surface area (Å²) in [6.45, 7) is 6.59. The van der Waals surface area contributed by atoms with E-state index >= 15 is 0 Å². The van der Waals surface area contributed by atoms with Gasteiger partial charge in [-0.15, -0.1) is 11.3 Å². The fourth-order valence-corrected chi connectivity index (χ4v) is 4.29. The summed E-state index contributed by atoms with van der Waals surface area (Å²) in [7, 11) is 0. The minimum Gasteiger partial charge on any atom is -0.364 e. The van der Waals surface area contributed by atoms with Gasteiger partial charge in [0.25, 0.3) is 5.91 Å². The second-order valence-corrected chi connectivity index (χ2v) is 8.91. The SMILES string of the molecule is CC(C)(C)c1ccc(-c2sc(C(N)=O)nc2-c2cccc3ccccc23)cc1. The van der Waals surface area contributed by atoms with Gasteiger partial charge in [-0.05, 0) is 27.3 Å². The van der Waals surface area contributed by atoms with Gasteiger partial charge in [0.1, 0.15) is 0 Å². The Labute approximate surface area is 168 Å². The summed E-state index contributed by atoms with van der Waals surface area (Å²) in [6, 6.07) is 22.9. The fraction of sp³-hybridized carbons (Fsp3) is 0.167. The number of carbonyl (C=O) groups excluding carboxylic acids is 1. The number of rotatable bonds is 3. The number of primary amides is 1. The van der Waals surface area contributed by atoms with Crippen molar-refractivity contribution in [2.45, 2.75) is 26.2 Å². The van der Waals surface area contributed by atoms with Crippen LogP contribution in [-0.2, 0) is 5.41 Å². The second-order valence-electron chi connectivity index (χ2n) is 7.92. The van der Waals surface area contributed by atoms with Crippen molar-refractivity contribution in [1.82, 2.24) is 4.98 Å². The number of aromatic nitrogens is 1. The maximum atomic E-state index is 11.8. The van der Waals surface area contributed by atoms with Crippen molar-refractivity contribution in [2.75, 3.05) is 0 Å². The molecule has 28 heavy (non-hydrogen) atoms. The van der Waals surface area contributed by atoms with Gasteiger partial charge in [-0.25, -0.2) is 4.98 Å². The fourth-order valence-electron chi connectivity index (χ4n) is 3.36. The molecule has 4 heteroatoms. The lowest BCUT2D eigenvalue weighted by Crippen LogP contribution is -2.10. The molecule has 4 rings (SSSR count). The summed E-state index contributed by atoms with van der Waals surface area (Å²) in [4.78, 5) is 17.4. The molecule has 1 amide bonds. The van der Waals surface area contributed by atoms with E-state index in [2.05, 4.69) is 74.3 Å². The highest BCUT2D eigenvalue weighted by Gasteiger charge is 2.20. The van der Waals surface area contributed by atoms with E-state index in [-0.39, 0.29) is 5.41 Å². The van der Waals surface area contributed by atoms with Crippen molar-refractivity contribution >= 4 is 28.0 Å². The molecule has 0 aliphatic heterocycles. The van der Waals surface area contributed by atoms with Crippen molar-refractivity contribution in [3.8, 4) is 21.7 Å². The van der Waals surface area contributed by atoms with Crippen LogP contribution in [0.5, 0.6) is 0 Å². The lowest BCUT2D eigenvalue weighted by atomic mass is 9.86. The van der Waals surface area contributed by atoms with Crippen LogP contribution in [0.4, 0.5) is 0 Å². The van der Waals surface area contributed by atoms with E-state index in [0.29, 0.717) is 5.01 Å². The average molecular weight is 387 g/mol. The molecule has 0 bridgehead atoms. The normalized spacial score (nSPS) is 11.7. The highest BCUT2D eigenvalue weighted by molar-refractivity contribution is 7.17. The molecule has 0 aliphatic rings. The summed E-state index contributed by atoms with van der Waals surface area (Å²) in [5.41, 5.74) is 9.77. The van der Waals surface area contributed by atoms with E-state index in [9.17, 15) is 4.79 Å². The molecule has 0 radical (unpaired) electrons. The van der Waals surface area contributed by atoms with Gasteiger partial charge in [0.15, 0.2) is 5.01 Å². The van der Waals surface area contributed by atoms with Gasteiger partial charge in [0, 0.05) is 5.56 Å². The minimum atomic E-state index is -0.496. The van der Waals surface area contributed by atoms with Crippen LogP contribution in [0.3, 0.4) is 0 Å². The van der Waals surface area contributed by atoms with Crippen molar-refractivity contribution in [1.29, 1.82) is 0 Å². The van der Waals surface area contributed by atoms with Gasteiger partial charge >= 0.3 is 0 Å². The number of thiazole rings is 1. The number of carbonyl (C=O) groups is 1. The minimum absolute atomic E-state index is 0.0864. The molecule has 3 aromatic carbocycles. The Morgan fingerprint density at radius 2 is 1.61 bits per heavy atom. The van der Waals surface area contributed by atoms with E-state index in [1.165, 1.54) is 16.9 Å². The van der Waals surface area contributed by atoms with Gasteiger partial charge in [-0.2, -0.15) is 0 Å². The van der Waals surface area contributed by atoms with E-state index in [1.54, 1.807) is 0 Å². The van der Waals surface area contributed by atoms with Crippen LogP contribution >= 0.6 is 11.3 Å². The molecule has 0 atom stereocenters. The number of nitrogens with two attached hydrogens (primary N) is 1. The van der Waals surface area contributed by atoms with Gasteiger partial charge in [-0.1, -0.05) is 87.5 Å². The summed E-state index contributed by atoms with van der Waals surface area (Å²) >= 11 is 1.35. The third kappa shape index (κ3) is 3.32. The standard InChI is InChI=1S/C24H22N2OS/c1-24(2,3)17-13-11-16(12-14-17)21-20(26-23(28-21)22(25)27)19-10-6-8-15-7-4-5-9-18(15)19/h4-14H,1-3H3,(H2,25,27). The van der Waals surface area contributed by atoms with Gasteiger partial charge in [0.05, 0.1) is 10.6 Å². The summed E-state index contributed by atoms with van der Waals surface area (Å²) in [6.07, 6.45) is 0. The molecule has 0 saturated heterocycles. The van der Waals surface area contributed by atoms with Gasteiger partial charge in [-0.3, -0.25) is 4.79 Å². The van der Waals surface area contributed by atoms with Crippen LogP contribution in [0.1, 0.15) is 36.1 Å². The Balaban J connectivity index is 1.92. The quantitative estimate of drug-likeness (QED) is 0.467. The van der Waals surface area contributed by atoms with Crippen LogP contribution in [0, 0.1) is 0 Å². The van der Waals surface area contributed by atoms with Crippen molar-refractivity contribution in [2.24, 2.45) is 5.73 Å². The Hall–Kier alpha value is -2.98. The van der Waals surface area contributed by atoms with Crippen molar-refractivity contribution < 1.29 is 4.79 Å². The van der Waals surface area contributed by atoms with Gasteiger partial charge in [0.2, 0.25) is 0 Å². The predicted octanol–water partition coefficient (Wildman–Crippen LogP) is 6.03. The molecule has 0 aliphatic carbocycles. The molecule has 0 fully saturated rings. The molecule has 2 N–H and O–H groups in total. The zero-order valence-electron chi connectivity index (χ0n) is 16.2. The Morgan fingerprint density at radius 3 is 2.29 bits per heavy atom. The summed E-state index contributed by atoms with van der Waals surface area (Å²) in [5.74, 6) is -0.496. The van der Waals surface area contributed by atoms with Crippen LogP contribution in [0.2, 0.25) is 0 Å². The van der Waals surface area contributed by atoms with E-state index in [4.69, 9.17) is 5.73 Å². The molecule has 1 heterocycles. The average Bonchev–Trinajstić information content (AvgIpc) is 3.12. The Morgan fingerprint density at radius 1 is 0.929 bits per heavy atom. The van der Waals surface area contributed by atoms with E-state index < -0.39 is 5.91 Å². The molecule has 0 spiro atoms. The molecular weight excluding hydrogens is 364 g/mol. The third-order valence-electron chi connectivity index (χ3n) is 4.90. The van der Waals surface area contributed by atoms with E-state index in [1.807, 2.05) is 18.2 Å². The monoisotopic (exact) mass is 386 g/mol. The summed E-state index contributed by atoms with van der Waals surface area (Å²) < 4.78 is 0. The van der Waals surface area contributed by atoms with E-state index in [0.717, 1.165) is 32.5 Å². The summed E-state index contributed by atoms with van der Waals surface area (Å²) in [5, 5.41) is 2.58. The first kappa shape index (κ1) is 18.4. The highest BCUT2D eigenvalue weighted by atomic mass is 32.1. The predicted molar refractivity (Wildman–Crippen MR) is 118 cm³/mol.